The third-order valence-corrected chi connectivity index (χ3v) is 3.07. The third-order valence-electron chi connectivity index (χ3n) is 2.76. The number of Topliss-reactive ketones (excluding diaryl/α,β-unsaturated/α-hetero) is 1. The summed E-state index contributed by atoms with van der Waals surface area (Å²) in [5.74, 6) is 0.324. The molecule has 16 heavy (non-hydrogen) atoms. The number of fused-ring (bicyclic) bond motifs is 1. The second-order valence-electron chi connectivity index (χ2n) is 4.27. The van der Waals surface area contributed by atoms with Crippen LogP contribution in [-0.2, 0) is 11.2 Å². The van der Waals surface area contributed by atoms with E-state index in [4.69, 9.17) is 11.6 Å². The average molecular weight is 236 g/mol. The van der Waals surface area contributed by atoms with Crippen LogP contribution in [0.5, 0.6) is 0 Å². The molecule has 0 atom stereocenters. The summed E-state index contributed by atoms with van der Waals surface area (Å²) in [6.45, 7) is 3.84. The minimum absolute atomic E-state index is 0.0733. The van der Waals surface area contributed by atoms with Crippen molar-refractivity contribution in [1.82, 2.24) is 4.98 Å². The van der Waals surface area contributed by atoms with E-state index < -0.39 is 0 Å². The molecule has 0 radical (unpaired) electrons. The van der Waals surface area contributed by atoms with Crippen LogP contribution >= 0.6 is 11.6 Å². The quantitative estimate of drug-likeness (QED) is 0.867. The Morgan fingerprint density at radius 2 is 2.19 bits per heavy atom. The molecule has 1 heterocycles. The van der Waals surface area contributed by atoms with Crippen molar-refractivity contribution in [3.8, 4) is 0 Å². The van der Waals surface area contributed by atoms with Crippen LogP contribution in [0.25, 0.3) is 10.9 Å². The molecule has 0 saturated carbocycles. The van der Waals surface area contributed by atoms with Gasteiger partial charge in [-0.1, -0.05) is 37.6 Å². The van der Waals surface area contributed by atoms with Gasteiger partial charge in [-0.15, -0.1) is 0 Å². The molecule has 0 spiro atoms. The third kappa shape index (κ3) is 1.98. The summed E-state index contributed by atoms with van der Waals surface area (Å²) in [4.78, 5) is 14.8. The number of carbonyl (C=O) groups is 1. The maximum absolute atomic E-state index is 11.7. The van der Waals surface area contributed by atoms with Gasteiger partial charge < -0.3 is 4.98 Å². The molecule has 0 unspecified atom stereocenters. The molecule has 1 aromatic heterocycles. The second kappa shape index (κ2) is 4.30. The van der Waals surface area contributed by atoms with E-state index in [0.29, 0.717) is 11.4 Å². The second-order valence-corrected chi connectivity index (χ2v) is 4.68. The SMILES string of the molecule is CC(C)C(=O)Cc1c[nH]c2c(Cl)cccc12. The first-order chi connectivity index (χ1) is 7.59. The Hall–Kier alpha value is -1.28. The lowest BCUT2D eigenvalue weighted by Crippen LogP contribution is -2.09. The molecular formula is C13H14ClNO. The van der Waals surface area contributed by atoms with Gasteiger partial charge >= 0.3 is 0 Å². The van der Waals surface area contributed by atoms with E-state index in [2.05, 4.69) is 4.98 Å². The highest BCUT2D eigenvalue weighted by Crippen LogP contribution is 2.25. The number of nitrogens with one attached hydrogen (secondary N) is 1. The molecule has 0 aliphatic carbocycles. The van der Waals surface area contributed by atoms with Gasteiger partial charge in [0.25, 0.3) is 0 Å². The van der Waals surface area contributed by atoms with E-state index in [0.717, 1.165) is 16.5 Å². The maximum atomic E-state index is 11.7. The number of H-pyrrole nitrogens is 1. The summed E-state index contributed by atoms with van der Waals surface area (Å²) in [6.07, 6.45) is 2.34. The van der Waals surface area contributed by atoms with Crippen molar-refractivity contribution < 1.29 is 4.79 Å². The van der Waals surface area contributed by atoms with Gasteiger partial charge in [-0.05, 0) is 11.6 Å². The van der Waals surface area contributed by atoms with Gasteiger partial charge in [0, 0.05) is 23.9 Å². The molecule has 84 valence electrons. The normalized spacial score (nSPS) is 11.2. The van der Waals surface area contributed by atoms with Gasteiger partial charge in [0.15, 0.2) is 0 Å². The fraction of sp³-hybridized carbons (Fsp3) is 0.308. The van der Waals surface area contributed by atoms with Crippen LogP contribution in [0.3, 0.4) is 0 Å². The van der Waals surface area contributed by atoms with E-state index in [1.807, 2.05) is 38.2 Å². The number of hydrogen-bond donors (Lipinski definition) is 1. The van der Waals surface area contributed by atoms with Crippen LogP contribution < -0.4 is 0 Å². The molecular weight excluding hydrogens is 222 g/mol. The van der Waals surface area contributed by atoms with Crippen LogP contribution in [-0.4, -0.2) is 10.8 Å². The predicted octanol–water partition coefficient (Wildman–Crippen LogP) is 3.59. The Kier molecular flexibility index (Phi) is 3.01. The highest BCUT2D eigenvalue weighted by atomic mass is 35.5. The summed E-state index contributed by atoms with van der Waals surface area (Å²) >= 11 is 6.05. The highest BCUT2D eigenvalue weighted by Gasteiger charge is 2.12. The smallest absolute Gasteiger partial charge is 0.139 e. The Labute approximate surface area is 99.6 Å². The molecule has 0 saturated heterocycles. The Balaban J connectivity index is 2.39. The molecule has 2 aromatic rings. The highest BCUT2D eigenvalue weighted by molar-refractivity contribution is 6.35. The average Bonchev–Trinajstić information content (AvgIpc) is 2.63. The van der Waals surface area contributed by atoms with Crippen molar-refractivity contribution in [3.05, 3.63) is 35.0 Å². The molecule has 1 aromatic carbocycles. The van der Waals surface area contributed by atoms with Crippen LogP contribution in [0.1, 0.15) is 19.4 Å². The number of halogens is 1. The summed E-state index contributed by atoms with van der Waals surface area (Å²) in [5.41, 5.74) is 1.94. The number of para-hydroxylation sites is 1. The summed E-state index contributed by atoms with van der Waals surface area (Å²) in [5, 5.41) is 1.74. The predicted molar refractivity (Wildman–Crippen MR) is 66.9 cm³/mol. The van der Waals surface area contributed by atoms with Crippen molar-refractivity contribution >= 4 is 28.3 Å². The molecule has 0 amide bonds. The van der Waals surface area contributed by atoms with Crippen molar-refractivity contribution in [2.45, 2.75) is 20.3 Å². The number of benzene rings is 1. The van der Waals surface area contributed by atoms with Gasteiger partial charge in [-0.3, -0.25) is 4.79 Å². The zero-order valence-electron chi connectivity index (χ0n) is 9.38. The molecule has 2 rings (SSSR count). The summed E-state index contributed by atoms with van der Waals surface area (Å²) in [7, 11) is 0. The number of aromatic nitrogens is 1. The van der Waals surface area contributed by atoms with Gasteiger partial charge in [0.05, 0.1) is 10.5 Å². The maximum Gasteiger partial charge on any atom is 0.139 e. The lowest BCUT2D eigenvalue weighted by Gasteiger charge is -2.02. The topological polar surface area (TPSA) is 32.9 Å². The van der Waals surface area contributed by atoms with Crippen molar-refractivity contribution in [2.24, 2.45) is 5.92 Å². The van der Waals surface area contributed by atoms with Crippen molar-refractivity contribution in [1.29, 1.82) is 0 Å². The molecule has 0 aliphatic rings. The van der Waals surface area contributed by atoms with E-state index in [1.54, 1.807) is 0 Å². The number of aromatic amines is 1. The first-order valence-electron chi connectivity index (χ1n) is 5.36. The van der Waals surface area contributed by atoms with E-state index in [-0.39, 0.29) is 11.7 Å². The van der Waals surface area contributed by atoms with Crippen LogP contribution in [0.15, 0.2) is 24.4 Å². The lowest BCUT2D eigenvalue weighted by atomic mass is 10.0. The first-order valence-corrected chi connectivity index (χ1v) is 5.74. The first kappa shape index (κ1) is 11.2. The Bertz CT molecular complexity index is 528. The van der Waals surface area contributed by atoms with Crippen molar-refractivity contribution in [3.63, 3.8) is 0 Å². The molecule has 0 aliphatic heterocycles. The van der Waals surface area contributed by atoms with Crippen LogP contribution in [0.2, 0.25) is 5.02 Å². The minimum Gasteiger partial charge on any atom is -0.360 e. The van der Waals surface area contributed by atoms with E-state index in [1.165, 1.54) is 0 Å². The summed E-state index contributed by atoms with van der Waals surface area (Å²) < 4.78 is 0. The van der Waals surface area contributed by atoms with Gasteiger partial charge in [0.2, 0.25) is 0 Å². The standard InChI is InChI=1S/C13H14ClNO/c1-8(2)12(16)6-9-7-15-13-10(9)4-3-5-11(13)14/h3-5,7-8,15H,6H2,1-2H3. The number of hydrogen-bond acceptors (Lipinski definition) is 1. The van der Waals surface area contributed by atoms with Gasteiger partial charge in [0.1, 0.15) is 5.78 Å². The molecule has 3 heteroatoms. The Morgan fingerprint density at radius 3 is 2.88 bits per heavy atom. The van der Waals surface area contributed by atoms with Gasteiger partial charge in [-0.2, -0.15) is 0 Å². The number of carbonyl (C=O) groups excluding carboxylic acids is 1. The molecule has 2 nitrogen and oxygen atoms in total. The van der Waals surface area contributed by atoms with E-state index in [9.17, 15) is 4.79 Å². The van der Waals surface area contributed by atoms with Crippen LogP contribution in [0.4, 0.5) is 0 Å². The zero-order chi connectivity index (χ0) is 11.7. The molecule has 0 bridgehead atoms. The molecule has 0 fully saturated rings. The zero-order valence-corrected chi connectivity index (χ0v) is 10.1. The fourth-order valence-electron chi connectivity index (χ4n) is 1.71. The van der Waals surface area contributed by atoms with Crippen LogP contribution in [0, 0.1) is 5.92 Å². The van der Waals surface area contributed by atoms with Gasteiger partial charge in [-0.25, -0.2) is 0 Å². The number of rotatable bonds is 3. The molecule has 1 N–H and O–H groups in total. The largest absolute Gasteiger partial charge is 0.360 e. The van der Waals surface area contributed by atoms with Crippen molar-refractivity contribution in [2.75, 3.05) is 0 Å². The minimum atomic E-state index is 0.0733. The monoisotopic (exact) mass is 235 g/mol. The van der Waals surface area contributed by atoms with E-state index >= 15 is 0 Å². The summed E-state index contributed by atoms with van der Waals surface area (Å²) in [6, 6.07) is 5.73. The Morgan fingerprint density at radius 1 is 1.44 bits per heavy atom. The fourth-order valence-corrected chi connectivity index (χ4v) is 1.94. The lowest BCUT2D eigenvalue weighted by molar-refractivity contribution is -0.121. The number of ketones is 1.